The van der Waals surface area contributed by atoms with E-state index < -0.39 is 98.0 Å². The maximum Gasteiger partial charge on any atom is 0.328 e. The second kappa shape index (κ2) is 13.5. The molecule has 32 heavy (non-hydrogen) atoms. The molecular formula is C16H25N5O11. The van der Waals surface area contributed by atoms with Gasteiger partial charge in [0.25, 0.3) is 0 Å². The second-order valence-electron chi connectivity index (χ2n) is 6.51. The van der Waals surface area contributed by atoms with Crippen LogP contribution in [-0.2, 0) is 33.6 Å². The Morgan fingerprint density at radius 3 is 1.66 bits per heavy atom. The standard InChI is InChI=1S/C16H25N5O11/c17-6(3-12(26)27)13(28)20-8(4-10(18)23)15(30)19-7(1-2-11(24)25)14(29)21-9(5-22)16(31)32/h6-9,22H,1-5,17H2,(H2,18,23)(H,19,30)(H,20,28)(H,21,29)(H,24,25)(H,26,27)(H,31,32). The van der Waals surface area contributed by atoms with Crippen molar-refractivity contribution in [1.29, 1.82) is 0 Å². The number of carbonyl (C=O) groups is 7. The topological polar surface area (TPSA) is 289 Å². The number of hydrogen-bond acceptors (Lipinski definition) is 9. The van der Waals surface area contributed by atoms with Gasteiger partial charge in [-0.2, -0.15) is 0 Å². The van der Waals surface area contributed by atoms with Crippen LogP contribution >= 0.6 is 0 Å². The van der Waals surface area contributed by atoms with Gasteiger partial charge in [0.1, 0.15) is 18.1 Å². The Morgan fingerprint density at radius 1 is 0.719 bits per heavy atom. The molecule has 0 spiro atoms. The number of primary amides is 1. The SMILES string of the molecule is NC(=O)CC(NC(=O)C(N)CC(=O)O)C(=O)NC(CCC(=O)O)C(=O)NC(CO)C(=O)O. The van der Waals surface area contributed by atoms with Gasteiger partial charge in [0.05, 0.1) is 25.5 Å². The van der Waals surface area contributed by atoms with Crippen LogP contribution in [0.1, 0.15) is 25.7 Å². The van der Waals surface area contributed by atoms with Gasteiger partial charge < -0.3 is 47.8 Å². The monoisotopic (exact) mass is 463 g/mol. The van der Waals surface area contributed by atoms with E-state index in [4.69, 9.17) is 31.9 Å². The zero-order valence-electron chi connectivity index (χ0n) is 16.6. The maximum absolute atomic E-state index is 12.5. The number of nitrogens with two attached hydrogens (primary N) is 2. The Hall–Kier alpha value is -3.79. The van der Waals surface area contributed by atoms with Crippen LogP contribution in [0, 0.1) is 0 Å². The minimum atomic E-state index is -1.75. The van der Waals surface area contributed by atoms with Crippen molar-refractivity contribution in [2.24, 2.45) is 11.5 Å². The number of carboxylic acid groups (broad SMARTS) is 3. The lowest BCUT2D eigenvalue weighted by molar-refractivity contribution is -0.144. The molecule has 0 rings (SSSR count). The van der Waals surface area contributed by atoms with Crippen LogP contribution < -0.4 is 27.4 Å². The molecular weight excluding hydrogens is 438 g/mol. The molecule has 4 amide bonds. The molecule has 0 aromatic carbocycles. The molecule has 0 heterocycles. The predicted octanol–water partition coefficient (Wildman–Crippen LogP) is -4.94. The molecule has 0 fully saturated rings. The van der Waals surface area contributed by atoms with E-state index in [9.17, 15) is 33.6 Å². The van der Waals surface area contributed by atoms with Crippen molar-refractivity contribution in [2.45, 2.75) is 49.9 Å². The highest BCUT2D eigenvalue weighted by Crippen LogP contribution is 2.03. The summed E-state index contributed by atoms with van der Waals surface area (Å²) in [6.45, 7) is -0.998. The summed E-state index contributed by atoms with van der Waals surface area (Å²) in [5, 5.41) is 41.4. The van der Waals surface area contributed by atoms with Crippen molar-refractivity contribution >= 4 is 41.5 Å². The average Bonchev–Trinajstić information content (AvgIpc) is 2.66. The molecule has 4 atom stereocenters. The summed E-state index contributed by atoms with van der Waals surface area (Å²) in [7, 11) is 0. The van der Waals surface area contributed by atoms with Crippen LogP contribution in [0.2, 0.25) is 0 Å². The molecule has 4 unspecified atom stereocenters. The molecule has 0 aliphatic heterocycles. The van der Waals surface area contributed by atoms with Gasteiger partial charge >= 0.3 is 17.9 Å². The van der Waals surface area contributed by atoms with Gasteiger partial charge in [-0.1, -0.05) is 0 Å². The predicted molar refractivity (Wildman–Crippen MR) is 101 cm³/mol. The molecule has 0 radical (unpaired) electrons. The van der Waals surface area contributed by atoms with Crippen molar-refractivity contribution in [3.05, 3.63) is 0 Å². The first-order valence-corrected chi connectivity index (χ1v) is 9.00. The third kappa shape index (κ3) is 10.8. The smallest absolute Gasteiger partial charge is 0.328 e. The molecule has 0 bridgehead atoms. The van der Waals surface area contributed by atoms with Gasteiger partial charge in [0, 0.05) is 6.42 Å². The highest BCUT2D eigenvalue weighted by atomic mass is 16.4. The van der Waals surface area contributed by atoms with Gasteiger partial charge in [0.2, 0.25) is 23.6 Å². The minimum Gasteiger partial charge on any atom is -0.481 e. The Bertz CT molecular complexity index is 757. The molecule has 0 aromatic rings. The highest BCUT2D eigenvalue weighted by Gasteiger charge is 2.31. The van der Waals surface area contributed by atoms with E-state index in [1.165, 1.54) is 0 Å². The summed E-state index contributed by atoms with van der Waals surface area (Å²) in [6.07, 6.45) is -2.72. The molecule has 16 nitrogen and oxygen atoms in total. The van der Waals surface area contributed by atoms with Crippen LogP contribution in [0.3, 0.4) is 0 Å². The Morgan fingerprint density at radius 2 is 1.22 bits per heavy atom. The number of aliphatic hydroxyl groups is 1. The highest BCUT2D eigenvalue weighted by molar-refractivity contribution is 5.96. The van der Waals surface area contributed by atoms with Crippen molar-refractivity contribution in [3.63, 3.8) is 0 Å². The second-order valence-corrected chi connectivity index (χ2v) is 6.51. The molecule has 0 saturated carbocycles. The molecule has 180 valence electrons. The first-order chi connectivity index (χ1) is 14.8. The van der Waals surface area contributed by atoms with E-state index in [2.05, 4.69) is 5.32 Å². The number of nitrogens with one attached hydrogen (secondary N) is 3. The lowest BCUT2D eigenvalue weighted by Crippen LogP contribution is -2.58. The van der Waals surface area contributed by atoms with Crippen molar-refractivity contribution < 1.29 is 54.0 Å². The zero-order valence-corrected chi connectivity index (χ0v) is 16.6. The van der Waals surface area contributed by atoms with Crippen molar-refractivity contribution in [1.82, 2.24) is 16.0 Å². The Labute approximate surface area is 180 Å². The number of amides is 4. The van der Waals surface area contributed by atoms with E-state index in [0.717, 1.165) is 0 Å². The van der Waals surface area contributed by atoms with Crippen LogP contribution in [0.4, 0.5) is 0 Å². The van der Waals surface area contributed by atoms with Crippen LogP contribution in [-0.4, -0.2) is 92.7 Å². The van der Waals surface area contributed by atoms with Crippen molar-refractivity contribution in [3.8, 4) is 0 Å². The average molecular weight is 463 g/mol. The number of aliphatic hydroxyl groups excluding tert-OH is 1. The molecule has 0 saturated heterocycles. The first-order valence-electron chi connectivity index (χ1n) is 9.00. The van der Waals surface area contributed by atoms with Gasteiger partial charge in [-0.15, -0.1) is 0 Å². The lowest BCUT2D eigenvalue weighted by atomic mass is 10.1. The fourth-order valence-corrected chi connectivity index (χ4v) is 2.24. The van der Waals surface area contributed by atoms with Crippen LogP contribution in [0.5, 0.6) is 0 Å². The third-order valence-electron chi connectivity index (χ3n) is 3.85. The zero-order chi connectivity index (χ0) is 25.0. The summed E-state index contributed by atoms with van der Waals surface area (Å²) in [4.78, 5) is 80.5. The normalized spacial score (nSPS) is 14.2. The Kier molecular flexibility index (Phi) is 11.9. The maximum atomic E-state index is 12.5. The Balaban J connectivity index is 5.51. The number of aliphatic carboxylic acids is 3. The van der Waals surface area contributed by atoms with E-state index in [1.54, 1.807) is 0 Å². The van der Waals surface area contributed by atoms with E-state index in [0.29, 0.717) is 0 Å². The van der Waals surface area contributed by atoms with Crippen molar-refractivity contribution in [2.75, 3.05) is 6.61 Å². The number of hydrogen-bond donors (Lipinski definition) is 9. The van der Waals surface area contributed by atoms with E-state index in [-0.39, 0.29) is 0 Å². The fraction of sp³-hybridized carbons (Fsp3) is 0.562. The quantitative estimate of drug-likeness (QED) is 0.110. The molecule has 11 N–H and O–H groups in total. The largest absolute Gasteiger partial charge is 0.481 e. The number of carboxylic acids is 3. The van der Waals surface area contributed by atoms with Gasteiger partial charge in [0.15, 0.2) is 0 Å². The lowest BCUT2D eigenvalue weighted by Gasteiger charge is -2.24. The summed E-state index contributed by atoms with van der Waals surface area (Å²) < 4.78 is 0. The fourth-order valence-electron chi connectivity index (χ4n) is 2.24. The summed E-state index contributed by atoms with van der Waals surface area (Å²) in [6, 6.07) is -6.66. The minimum absolute atomic E-state index is 0.513. The number of rotatable bonds is 15. The molecule has 0 aromatic heterocycles. The van der Waals surface area contributed by atoms with Crippen LogP contribution in [0.25, 0.3) is 0 Å². The molecule has 16 heteroatoms. The summed E-state index contributed by atoms with van der Waals surface area (Å²) in [5.74, 6) is -8.88. The first kappa shape index (κ1) is 28.2. The summed E-state index contributed by atoms with van der Waals surface area (Å²) in [5.41, 5.74) is 10.4. The molecule has 0 aliphatic rings. The van der Waals surface area contributed by atoms with Gasteiger partial charge in [-0.05, 0) is 6.42 Å². The molecule has 0 aliphatic carbocycles. The van der Waals surface area contributed by atoms with E-state index >= 15 is 0 Å². The van der Waals surface area contributed by atoms with Crippen LogP contribution in [0.15, 0.2) is 0 Å². The van der Waals surface area contributed by atoms with Gasteiger partial charge in [-0.25, -0.2) is 4.79 Å². The number of carbonyl (C=O) groups excluding carboxylic acids is 4. The van der Waals surface area contributed by atoms with E-state index in [1.807, 2.05) is 10.6 Å². The third-order valence-corrected chi connectivity index (χ3v) is 3.85. The summed E-state index contributed by atoms with van der Waals surface area (Å²) >= 11 is 0. The van der Waals surface area contributed by atoms with Gasteiger partial charge in [-0.3, -0.25) is 28.8 Å².